The number of phenols is 1. The number of fused-ring (bicyclic) bond motifs is 1. The Bertz CT molecular complexity index is 1050. The van der Waals surface area contributed by atoms with Crippen LogP contribution >= 0.6 is 0 Å². The molecule has 164 valence electrons. The van der Waals surface area contributed by atoms with E-state index in [0.29, 0.717) is 5.56 Å². The van der Waals surface area contributed by atoms with Gasteiger partial charge in [-0.1, -0.05) is 25.0 Å². The van der Waals surface area contributed by atoms with Gasteiger partial charge in [0.15, 0.2) is 11.6 Å². The lowest BCUT2D eigenvalue weighted by atomic mass is 9.83. The monoisotopic (exact) mass is 432 g/mol. The number of halogens is 3. The number of hydrogen-bond donors (Lipinski definition) is 1. The summed E-state index contributed by atoms with van der Waals surface area (Å²) in [6.45, 7) is 3.56. The molecule has 1 aliphatic heterocycles. The average molecular weight is 432 g/mol. The van der Waals surface area contributed by atoms with Crippen molar-refractivity contribution in [1.82, 2.24) is 0 Å². The van der Waals surface area contributed by atoms with E-state index < -0.39 is 28.9 Å². The normalized spacial score (nSPS) is 18.5. The van der Waals surface area contributed by atoms with Crippen LogP contribution in [0.25, 0.3) is 0 Å². The van der Waals surface area contributed by atoms with Crippen LogP contribution in [0.3, 0.4) is 0 Å². The summed E-state index contributed by atoms with van der Waals surface area (Å²) in [6, 6.07) is 5.55. The Labute approximate surface area is 178 Å². The van der Waals surface area contributed by atoms with Crippen LogP contribution in [0, 0.1) is 0 Å². The third kappa shape index (κ3) is 3.93. The van der Waals surface area contributed by atoms with Crippen molar-refractivity contribution in [2.24, 2.45) is 0 Å². The van der Waals surface area contributed by atoms with E-state index in [1.807, 2.05) is 0 Å². The molecule has 31 heavy (non-hydrogen) atoms. The van der Waals surface area contributed by atoms with Gasteiger partial charge in [-0.05, 0) is 56.4 Å². The second kappa shape index (κ2) is 7.39. The Morgan fingerprint density at radius 1 is 1.13 bits per heavy atom. The number of carbonyl (C=O) groups excluding carboxylic acids is 2. The quantitative estimate of drug-likeness (QED) is 0.601. The van der Waals surface area contributed by atoms with Crippen LogP contribution in [0.15, 0.2) is 30.3 Å². The molecule has 1 saturated carbocycles. The smallest absolute Gasteiger partial charge is 0.416 e. The molecule has 0 spiro atoms. The van der Waals surface area contributed by atoms with Gasteiger partial charge in [0.05, 0.1) is 17.5 Å². The zero-order valence-electron chi connectivity index (χ0n) is 17.3. The molecule has 4 nitrogen and oxygen atoms in total. The van der Waals surface area contributed by atoms with Crippen molar-refractivity contribution < 1.29 is 32.6 Å². The molecule has 0 amide bonds. The molecule has 0 unspecified atom stereocenters. The first kappa shape index (κ1) is 21.4. The van der Waals surface area contributed by atoms with E-state index in [1.165, 1.54) is 0 Å². The van der Waals surface area contributed by atoms with Gasteiger partial charge in [0.1, 0.15) is 22.7 Å². The second-order valence-corrected chi connectivity index (χ2v) is 8.91. The number of ether oxygens (including phenoxy) is 1. The van der Waals surface area contributed by atoms with E-state index >= 15 is 0 Å². The number of ketones is 2. The van der Waals surface area contributed by atoms with Gasteiger partial charge in [-0.2, -0.15) is 13.2 Å². The summed E-state index contributed by atoms with van der Waals surface area (Å²) in [7, 11) is 0. The summed E-state index contributed by atoms with van der Waals surface area (Å²) in [6.07, 6.45) is -0.875. The fourth-order valence-electron chi connectivity index (χ4n) is 4.58. The predicted molar refractivity (Wildman–Crippen MR) is 108 cm³/mol. The van der Waals surface area contributed by atoms with E-state index in [-0.39, 0.29) is 40.6 Å². The van der Waals surface area contributed by atoms with Gasteiger partial charge in [0.25, 0.3) is 0 Å². The Morgan fingerprint density at radius 2 is 1.74 bits per heavy atom. The Balaban J connectivity index is 1.85. The summed E-state index contributed by atoms with van der Waals surface area (Å²) in [5.74, 6) is -1.11. The highest BCUT2D eigenvalue weighted by atomic mass is 19.4. The lowest BCUT2D eigenvalue weighted by molar-refractivity contribution is -0.137. The molecule has 1 heterocycles. The minimum absolute atomic E-state index is 0.00772. The molecule has 2 aliphatic rings. The number of hydrogen-bond acceptors (Lipinski definition) is 4. The number of rotatable bonds is 3. The summed E-state index contributed by atoms with van der Waals surface area (Å²) < 4.78 is 44.6. The molecule has 2 aromatic carbocycles. The molecule has 7 heteroatoms. The Morgan fingerprint density at radius 3 is 2.32 bits per heavy atom. The van der Waals surface area contributed by atoms with Crippen molar-refractivity contribution in [3.63, 3.8) is 0 Å². The Hall–Kier alpha value is -2.83. The molecule has 0 radical (unpaired) electrons. The minimum atomic E-state index is -4.51. The van der Waals surface area contributed by atoms with E-state index in [9.17, 15) is 27.9 Å². The lowest BCUT2D eigenvalue weighted by Crippen LogP contribution is -2.36. The molecule has 0 saturated heterocycles. The third-order valence-electron chi connectivity index (χ3n) is 6.04. The maximum absolute atomic E-state index is 13.3. The lowest BCUT2D eigenvalue weighted by Gasteiger charge is -2.33. The van der Waals surface area contributed by atoms with Crippen molar-refractivity contribution in [3.05, 3.63) is 58.1 Å². The first-order valence-corrected chi connectivity index (χ1v) is 10.3. The van der Waals surface area contributed by atoms with E-state index in [2.05, 4.69) is 0 Å². The number of phenolic OH excluding ortho intramolecular Hbond substituents is 1. The van der Waals surface area contributed by atoms with Gasteiger partial charge in [-0.25, -0.2) is 0 Å². The van der Waals surface area contributed by atoms with Gasteiger partial charge < -0.3 is 9.84 Å². The molecule has 2 aromatic rings. The molecular formula is C24H23F3O4. The molecule has 1 aliphatic carbocycles. The number of Topliss-reactive ketones (excluding diaryl/α,β-unsaturated/α-hetero) is 1. The van der Waals surface area contributed by atoms with E-state index in [0.717, 1.165) is 49.9 Å². The molecule has 4 rings (SSSR count). The molecule has 1 N–H and O–H groups in total. The van der Waals surface area contributed by atoms with Crippen LogP contribution in [0.2, 0.25) is 0 Å². The van der Waals surface area contributed by atoms with Gasteiger partial charge in [-0.15, -0.1) is 0 Å². The highest BCUT2D eigenvalue weighted by Crippen LogP contribution is 2.47. The number of aromatic hydroxyl groups is 1. The standard InChI is InChI=1S/C24H23F3O4/c1-23(2)12-17(28)20-18(31-23)11-16(13-5-3-4-6-13)19(22(20)30)21(29)14-7-9-15(10-8-14)24(25,26)27/h7-11,13,30H,3-6,12H2,1-2H3. The zero-order chi connectivity index (χ0) is 22.6. The molecular weight excluding hydrogens is 409 g/mol. The van der Waals surface area contributed by atoms with Gasteiger partial charge in [0.2, 0.25) is 0 Å². The topological polar surface area (TPSA) is 63.6 Å². The average Bonchev–Trinajstić information content (AvgIpc) is 3.20. The number of benzene rings is 2. The van der Waals surface area contributed by atoms with Crippen molar-refractivity contribution in [3.8, 4) is 11.5 Å². The first-order valence-electron chi connectivity index (χ1n) is 10.3. The molecule has 0 bridgehead atoms. The number of carbonyl (C=O) groups is 2. The van der Waals surface area contributed by atoms with Gasteiger partial charge in [-0.3, -0.25) is 9.59 Å². The van der Waals surface area contributed by atoms with Crippen molar-refractivity contribution >= 4 is 11.6 Å². The van der Waals surface area contributed by atoms with E-state index in [1.54, 1.807) is 19.9 Å². The van der Waals surface area contributed by atoms with Crippen LogP contribution in [0.4, 0.5) is 13.2 Å². The maximum atomic E-state index is 13.3. The highest BCUT2D eigenvalue weighted by Gasteiger charge is 2.39. The maximum Gasteiger partial charge on any atom is 0.416 e. The molecule has 0 atom stereocenters. The molecule has 1 fully saturated rings. The van der Waals surface area contributed by atoms with Crippen LogP contribution in [0.1, 0.15) is 89.3 Å². The minimum Gasteiger partial charge on any atom is -0.506 e. The van der Waals surface area contributed by atoms with Crippen molar-refractivity contribution in [1.29, 1.82) is 0 Å². The van der Waals surface area contributed by atoms with Crippen LogP contribution in [-0.4, -0.2) is 22.3 Å². The number of alkyl halides is 3. The van der Waals surface area contributed by atoms with Crippen LogP contribution in [-0.2, 0) is 6.18 Å². The first-order chi connectivity index (χ1) is 14.5. The van der Waals surface area contributed by atoms with Crippen LogP contribution < -0.4 is 4.74 Å². The van der Waals surface area contributed by atoms with Gasteiger partial charge in [0, 0.05) is 5.56 Å². The fraction of sp³-hybridized carbons (Fsp3) is 0.417. The summed E-state index contributed by atoms with van der Waals surface area (Å²) >= 11 is 0. The largest absolute Gasteiger partial charge is 0.506 e. The second-order valence-electron chi connectivity index (χ2n) is 8.91. The zero-order valence-corrected chi connectivity index (χ0v) is 17.3. The van der Waals surface area contributed by atoms with E-state index in [4.69, 9.17) is 4.74 Å². The molecule has 0 aromatic heterocycles. The Kier molecular flexibility index (Phi) is 5.10. The third-order valence-corrected chi connectivity index (χ3v) is 6.04. The summed E-state index contributed by atoms with van der Waals surface area (Å²) in [5, 5.41) is 11.0. The van der Waals surface area contributed by atoms with Crippen molar-refractivity contribution in [2.75, 3.05) is 0 Å². The fourth-order valence-corrected chi connectivity index (χ4v) is 4.58. The highest BCUT2D eigenvalue weighted by molar-refractivity contribution is 6.15. The van der Waals surface area contributed by atoms with Crippen LogP contribution in [0.5, 0.6) is 11.5 Å². The van der Waals surface area contributed by atoms with Crippen molar-refractivity contribution in [2.45, 2.75) is 63.6 Å². The SMILES string of the molecule is CC1(C)CC(=O)c2c(cc(C3CCCC3)c(C(=O)c3ccc(C(F)(F)F)cc3)c2O)O1. The van der Waals surface area contributed by atoms with Gasteiger partial charge >= 0.3 is 6.18 Å². The summed E-state index contributed by atoms with van der Waals surface area (Å²) in [5.41, 5.74) is -1.03. The summed E-state index contributed by atoms with van der Waals surface area (Å²) in [4.78, 5) is 26.1. The predicted octanol–water partition coefficient (Wildman–Crippen LogP) is 6.04.